The molecule has 0 aliphatic rings. The van der Waals surface area contributed by atoms with E-state index >= 15 is 0 Å². The van der Waals surface area contributed by atoms with Crippen molar-refractivity contribution in [3.63, 3.8) is 0 Å². The van der Waals surface area contributed by atoms with Crippen LogP contribution in [0.3, 0.4) is 0 Å². The van der Waals surface area contributed by atoms with E-state index < -0.39 is 13.4 Å². The topological polar surface area (TPSA) is 0 Å². The van der Waals surface area contributed by atoms with E-state index in [1.165, 1.54) is 0 Å². The van der Waals surface area contributed by atoms with E-state index in [1.54, 1.807) is 0 Å². The first-order chi connectivity index (χ1) is 5.83. The second-order valence-corrected chi connectivity index (χ2v) is 19.0. The highest BCUT2D eigenvalue weighted by atomic mass is 35.7. The molecule has 0 bridgehead atoms. The summed E-state index contributed by atoms with van der Waals surface area (Å²) in [6, 6.07) is 3.64. The van der Waals surface area contributed by atoms with Crippen LogP contribution in [0.1, 0.15) is 20.3 Å². The summed E-state index contributed by atoms with van der Waals surface area (Å²) in [6.07, 6.45) is 0.986. The third-order valence-corrected chi connectivity index (χ3v) is 11.8. The molecule has 80 valence electrons. The van der Waals surface area contributed by atoms with Crippen LogP contribution in [-0.4, -0.2) is 13.4 Å². The number of hydrogen-bond donors (Lipinski definition) is 0. The van der Waals surface area contributed by atoms with E-state index in [1.807, 2.05) is 13.8 Å². The lowest BCUT2D eigenvalue weighted by Crippen LogP contribution is -2.21. The summed E-state index contributed by atoms with van der Waals surface area (Å²) in [5, 5.41) is 0. The average molecular weight is 298 g/mol. The summed E-state index contributed by atoms with van der Waals surface area (Å²) in [4.78, 5) is 0. The molecular formula is C7H16Cl4Si2. The van der Waals surface area contributed by atoms with Gasteiger partial charge in [-0.05, 0) is 24.2 Å². The van der Waals surface area contributed by atoms with Gasteiger partial charge < -0.3 is 0 Å². The van der Waals surface area contributed by atoms with Gasteiger partial charge in [0.25, 0.3) is 13.4 Å². The van der Waals surface area contributed by atoms with E-state index in [0.717, 1.165) is 30.6 Å². The fourth-order valence-corrected chi connectivity index (χ4v) is 5.01. The summed E-state index contributed by atoms with van der Waals surface area (Å²) >= 11 is 24.5. The van der Waals surface area contributed by atoms with Crippen LogP contribution in [0.4, 0.5) is 0 Å². The molecule has 0 fully saturated rings. The van der Waals surface area contributed by atoms with Crippen LogP contribution in [0.15, 0.2) is 0 Å². The minimum Gasteiger partial charge on any atom is -0.146 e. The van der Waals surface area contributed by atoms with Crippen molar-refractivity contribution in [3.05, 3.63) is 0 Å². The molecule has 0 unspecified atom stereocenters. The SMILES string of the molecule is CC[Si](Cl)(Cl)CCC[Si](Cl)(Cl)CC. The Morgan fingerprint density at radius 1 is 0.769 bits per heavy atom. The van der Waals surface area contributed by atoms with Gasteiger partial charge in [0.15, 0.2) is 0 Å². The van der Waals surface area contributed by atoms with Gasteiger partial charge in [-0.2, -0.15) is 0 Å². The van der Waals surface area contributed by atoms with E-state index in [-0.39, 0.29) is 0 Å². The summed E-state index contributed by atoms with van der Waals surface area (Å²) in [7, 11) is 0. The molecule has 0 spiro atoms. The molecule has 0 aromatic rings. The van der Waals surface area contributed by atoms with Gasteiger partial charge in [-0.1, -0.05) is 20.3 Å². The Kier molecular flexibility index (Phi) is 7.00. The van der Waals surface area contributed by atoms with Crippen LogP contribution in [0.25, 0.3) is 0 Å². The first-order valence-corrected chi connectivity index (χ1v) is 13.5. The second-order valence-electron chi connectivity index (χ2n) is 3.27. The van der Waals surface area contributed by atoms with Crippen LogP contribution in [0, 0.1) is 0 Å². The van der Waals surface area contributed by atoms with Gasteiger partial charge in [0, 0.05) is 0 Å². The molecule has 0 rings (SSSR count). The lowest BCUT2D eigenvalue weighted by atomic mass is 10.6. The molecule has 0 atom stereocenters. The predicted octanol–water partition coefficient (Wildman–Crippen LogP) is 5.26. The van der Waals surface area contributed by atoms with E-state index in [9.17, 15) is 0 Å². The normalized spacial score (nSPS) is 13.4. The standard InChI is InChI=1S/C7H16Cl4Si2/c1-3-12(8,9)6-5-7-13(10,11)4-2/h3-7H2,1-2H3. The molecule has 0 nitrogen and oxygen atoms in total. The molecule has 6 heteroatoms. The van der Waals surface area contributed by atoms with Crippen molar-refractivity contribution in [2.45, 2.75) is 44.4 Å². The Morgan fingerprint density at radius 3 is 1.31 bits per heavy atom. The smallest absolute Gasteiger partial charge is 0.146 e. The maximum Gasteiger partial charge on any atom is 0.251 e. The van der Waals surface area contributed by atoms with E-state index in [2.05, 4.69) is 0 Å². The minimum atomic E-state index is -1.94. The molecule has 0 aromatic carbocycles. The Hall–Kier alpha value is 1.59. The van der Waals surface area contributed by atoms with Gasteiger partial charge >= 0.3 is 0 Å². The third-order valence-electron chi connectivity index (χ3n) is 2.12. The quantitative estimate of drug-likeness (QED) is 0.464. The molecule has 0 aliphatic heterocycles. The molecule has 0 aromatic heterocycles. The van der Waals surface area contributed by atoms with Crippen LogP contribution >= 0.6 is 44.3 Å². The molecule has 0 N–H and O–H groups in total. The average Bonchev–Trinajstić information content (AvgIpc) is 2.04. The zero-order chi connectivity index (χ0) is 10.5. The summed E-state index contributed by atoms with van der Waals surface area (Å²) < 4.78 is 0. The molecule has 13 heavy (non-hydrogen) atoms. The van der Waals surface area contributed by atoms with Crippen LogP contribution < -0.4 is 0 Å². The van der Waals surface area contributed by atoms with E-state index in [4.69, 9.17) is 44.3 Å². The first kappa shape index (κ1) is 14.6. The van der Waals surface area contributed by atoms with Gasteiger partial charge in [0.1, 0.15) is 0 Å². The van der Waals surface area contributed by atoms with Gasteiger partial charge in [-0.25, -0.2) is 0 Å². The van der Waals surface area contributed by atoms with Gasteiger partial charge in [0.2, 0.25) is 0 Å². The Labute approximate surface area is 102 Å². The molecule has 0 heterocycles. The highest BCUT2D eigenvalue weighted by Crippen LogP contribution is 2.32. The molecule has 0 saturated heterocycles. The third kappa shape index (κ3) is 7.51. The van der Waals surface area contributed by atoms with E-state index in [0.29, 0.717) is 0 Å². The lowest BCUT2D eigenvalue weighted by molar-refractivity contribution is 1.03. The second kappa shape index (κ2) is 6.24. The molecular weight excluding hydrogens is 282 g/mol. The minimum absolute atomic E-state index is 0.904. The zero-order valence-electron chi connectivity index (χ0n) is 8.05. The van der Waals surface area contributed by atoms with Crippen LogP contribution in [-0.2, 0) is 0 Å². The number of rotatable bonds is 6. The van der Waals surface area contributed by atoms with Crippen molar-refractivity contribution in [3.8, 4) is 0 Å². The van der Waals surface area contributed by atoms with Gasteiger partial charge in [0.05, 0.1) is 0 Å². The van der Waals surface area contributed by atoms with Crippen molar-refractivity contribution in [1.82, 2.24) is 0 Å². The Morgan fingerprint density at radius 2 is 1.08 bits per heavy atom. The Bertz CT molecular complexity index is 133. The predicted molar refractivity (Wildman–Crippen MR) is 70.1 cm³/mol. The van der Waals surface area contributed by atoms with Gasteiger partial charge in [-0.15, -0.1) is 44.3 Å². The number of halogens is 4. The zero-order valence-corrected chi connectivity index (χ0v) is 13.1. The summed E-state index contributed by atoms with van der Waals surface area (Å²) in [6.45, 7) is 0.199. The van der Waals surface area contributed by atoms with Crippen LogP contribution in [0.2, 0.25) is 24.2 Å². The highest BCUT2D eigenvalue weighted by Gasteiger charge is 2.29. The monoisotopic (exact) mass is 296 g/mol. The Balaban J connectivity index is 3.68. The maximum absolute atomic E-state index is 6.13. The van der Waals surface area contributed by atoms with Crippen molar-refractivity contribution in [2.24, 2.45) is 0 Å². The summed E-state index contributed by atoms with van der Waals surface area (Å²) in [5.74, 6) is 0. The fourth-order valence-electron chi connectivity index (χ4n) is 0.959. The number of hydrogen-bond acceptors (Lipinski definition) is 0. The van der Waals surface area contributed by atoms with Crippen molar-refractivity contribution in [1.29, 1.82) is 0 Å². The lowest BCUT2D eigenvalue weighted by Gasteiger charge is -2.17. The summed E-state index contributed by atoms with van der Waals surface area (Å²) in [5.41, 5.74) is 0. The molecule has 0 aliphatic carbocycles. The fraction of sp³-hybridized carbons (Fsp3) is 1.00. The van der Waals surface area contributed by atoms with Crippen molar-refractivity contribution in [2.75, 3.05) is 0 Å². The molecule has 0 radical (unpaired) electrons. The first-order valence-electron chi connectivity index (χ1n) is 4.58. The van der Waals surface area contributed by atoms with Crippen molar-refractivity contribution >= 4 is 57.7 Å². The van der Waals surface area contributed by atoms with Crippen LogP contribution in [0.5, 0.6) is 0 Å². The highest BCUT2D eigenvalue weighted by molar-refractivity contribution is 7.46. The molecule has 0 saturated carbocycles. The largest absolute Gasteiger partial charge is 0.251 e. The maximum atomic E-state index is 6.13. The van der Waals surface area contributed by atoms with Crippen molar-refractivity contribution < 1.29 is 0 Å². The van der Waals surface area contributed by atoms with Gasteiger partial charge in [-0.3, -0.25) is 0 Å². The molecule has 0 amide bonds.